The first kappa shape index (κ1) is 24.8. The molecular formula is C26H20F2N4O3S. The number of anilines is 2. The predicted octanol–water partition coefficient (Wildman–Crippen LogP) is 5.26. The van der Waals surface area contributed by atoms with E-state index in [9.17, 15) is 23.6 Å². The number of nitrogens with zero attached hydrogens (tertiary/aromatic N) is 1. The lowest BCUT2D eigenvalue weighted by molar-refractivity contribution is -0.114. The molecule has 0 fully saturated rings. The van der Waals surface area contributed by atoms with Crippen LogP contribution in [0.25, 0.3) is 0 Å². The number of thioether (sulfide) groups is 1. The van der Waals surface area contributed by atoms with Gasteiger partial charge in [0, 0.05) is 11.4 Å². The van der Waals surface area contributed by atoms with Gasteiger partial charge in [0.05, 0.1) is 45.9 Å². The molecule has 0 saturated carbocycles. The summed E-state index contributed by atoms with van der Waals surface area (Å²) in [6.45, 7) is 1.65. The zero-order valence-electron chi connectivity index (χ0n) is 19.0. The highest BCUT2D eigenvalue weighted by Gasteiger charge is 2.36. The lowest BCUT2D eigenvalue weighted by Crippen LogP contribution is -2.31. The molecule has 2 heterocycles. The molecule has 36 heavy (non-hydrogen) atoms. The summed E-state index contributed by atoms with van der Waals surface area (Å²) in [6.07, 6.45) is 1.43. The molecule has 10 heteroatoms. The Morgan fingerprint density at radius 1 is 1.08 bits per heavy atom. The molecule has 0 spiro atoms. The number of dihydropyridines is 1. The Balaban J connectivity index is 1.58. The van der Waals surface area contributed by atoms with Gasteiger partial charge < -0.3 is 20.4 Å². The molecule has 2 amide bonds. The Morgan fingerprint density at radius 3 is 2.50 bits per heavy atom. The third kappa shape index (κ3) is 5.47. The second-order valence-corrected chi connectivity index (χ2v) is 8.73. The van der Waals surface area contributed by atoms with Gasteiger partial charge in [-0.3, -0.25) is 9.59 Å². The topological polar surface area (TPSA) is 107 Å². The second-order valence-electron chi connectivity index (χ2n) is 7.74. The number of carbonyl (C=O) groups is 2. The molecule has 182 valence electrons. The van der Waals surface area contributed by atoms with Gasteiger partial charge in [0.2, 0.25) is 5.91 Å². The highest BCUT2D eigenvalue weighted by molar-refractivity contribution is 8.03. The molecule has 3 aromatic rings. The number of halogens is 2. The number of furan rings is 1. The van der Waals surface area contributed by atoms with Crippen molar-refractivity contribution in [2.24, 2.45) is 0 Å². The van der Waals surface area contributed by atoms with Gasteiger partial charge in [-0.05, 0) is 55.5 Å². The molecule has 0 saturated heterocycles. The highest BCUT2D eigenvalue weighted by atomic mass is 32.2. The number of hydrogen-bond donors (Lipinski definition) is 3. The molecule has 0 aliphatic carbocycles. The van der Waals surface area contributed by atoms with Crippen LogP contribution in [-0.4, -0.2) is 17.6 Å². The van der Waals surface area contributed by atoms with Crippen LogP contribution < -0.4 is 16.0 Å². The normalized spacial score (nSPS) is 15.2. The van der Waals surface area contributed by atoms with E-state index in [4.69, 9.17) is 4.42 Å². The van der Waals surface area contributed by atoms with Crippen LogP contribution >= 0.6 is 11.8 Å². The predicted molar refractivity (Wildman–Crippen MR) is 132 cm³/mol. The Kier molecular flexibility index (Phi) is 7.51. The summed E-state index contributed by atoms with van der Waals surface area (Å²) in [5, 5.41) is 18.7. The van der Waals surface area contributed by atoms with Gasteiger partial charge in [-0.2, -0.15) is 5.26 Å². The fourth-order valence-corrected chi connectivity index (χ4v) is 4.58. The first-order chi connectivity index (χ1) is 17.4. The molecule has 1 aromatic heterocycles. The van der Waals surface area contributed by atoms with Crippen molar-refractivity contribution in [3.63, 3.8) is 0 Å². The summed E-state index contributed by atoms with van der Waals surface area (Å²) in [6, 6.07) is 16.5. The molecule has 1 aliphatic rings. The standard InChI is InChI=1S/C26H20F2N4O3S/c1-15-23(25(34)32-20-6-3-2-5-19(20)28)24(21-7-4-12-35-21)18(13-29)26(30-15)36-14-22(33)31-17-10-8-16(27)9-11-17/h2-12,24,30H,14H2,1H3,(H,31,33)(H,32,34)/t24-/m0/s1. The molecule has 1 aliphatic heterocycles. The van der Waals surface area contributed by atoms with E-state index in [1.165, 1.54) is 48.7 Å². The maximum absolute atomic E-state index is 14.2. The zero-order valence-corrected chi connectivity index (χ0v) is 19.8. The summed E-state index contributed by atoms with van der Waals surface area (Å²) >= 11 is 1.08. The third-order valence-corrected chi connectivity index (χ3v) is 6.33. The van der Waals surface area contributed by atoms with E-state index in [-0.39, 0.29) is 28.5 Å². The minimum absolute atomic E-state index is 0.00104. The molecule has 0 unspecified atom stereocenters. The Hall–Kier alpha value is -4.36. The number of rotatable bonds is 7. The smallest absolute Gasteiger partial charge is 0.254 e. The van der Waals surface area contributed by atoms with Crippen molar-refractivity contribution in [1.82, 2.24) is 5.32 Å². The van der Waals surface area contributed by atoms with E-state index in [0.717, 1.165) is 11.8 Å². The van der Waals surface area contributed by atoms with Crippen molar-refractivity contribution in [2.45, 2.75) is 12.8 Å². The third-order valence-electron chi connectivity index (χ3n) is 5.32. The maximum Gasteiger partial charge on any atom is 0.254 e. The van der Waals surface area contributed by atoms with Gasteiger partial charge in [-0.15, -0.1) is 0 Å². The van der Waals surface area contributed by atoms with Crippen molar-refractivity contribution in [1.29, 1.82) is 5.26 Å². The number of nitriles is 1. The van der Waals surface area contributed by atoms with Crippen LogP contribution in [0.3, 0.4) is 0 Å². The minimum atomic E-state index is -0.874. The van der Waals surface area contributed by atoms with Crippen LogP contribution in [0.4, 0.5) is 20.2 Å². The van der Waals surface area contributed by atoms with Crippen LogP contribution in [0.5, 0.6) is 0 Å². The summed E-state index contributed by atoms with van der Waals surface area (Å²) in [4.78, 5) is 25.7. The molecular weight excluding hydrogens is 486 g/mol. The van der Waals surface area contributed by atoms with Crippen LogP contribution in [-0.2, 0) is 9.59 Å². The Bertz CT molecular complexity index is 1390. The van der Waals surface area contributed by atoms with E-state index in [2.05, 4.69) is 22.0 Å². The number of amides is 2. The summed E-state index contributed by atoms with van der Waals surface area (Å²) < 4.78 is 32.8. The highest BCUT2D eigenvalue weighted by Crippen LogP contribution is 2.41. The number of allylic oxidation sites excluding steroid dienone is 2. The number of nitrogens with one attached hydrogen (secondary N) is 3. The maximum atomic E-state index is 14.2. The van der Waals surface area contributed by atoms with Crippen molar-refractivity contribution >= 4 is 35.0 Å². The van der Waals surface area contributed by atoms with Gasteiger partial charge in [-0.25, -0.2) is 8.78 Å². The fraction of sp³-hybridized carbons (Fsp3) is 0.115. The molecule has 0 bridgehead atoms. The first-order valence-electron chi connectivity index (χ1n) is 10.8. The van der Waals surface area contributed by atoms with Crippen molar-refractivity contribution in [2.75, 3.05) is 16.4 Å². The monoisotopic (exact) mass is 506 g/mol. The van der Waals surface area contributed by atoms with Gasteiger partial charge >= 0.3 is 0 Å². The molecule has 4 rings (SSSR count). The van der Waals surface area contributed by atoms with E-state index >= 15 is 0 Å². The Morgan fingerprint density at radius 2 is 1.83 bits per heavy atom. The average molecular weight is 507 g/mol. The lowest BCUT2D eigenvalue weighted by Gasteiger charge is -2.28. The second kappa shape index (κ2) is 10.9. The molecule has 3 N–H and O–H groups in total. The number of para-hydroxylation sites is 1. The number of benzene rings is 2. The molecule has 7 nitrogen and oxygen atoms in total. The summed E-state index contributed by atoms with van der Waals surface area (Å²) in [7, 11) is 0. The van der Waals surface area contributed by atoms with Crippen LogP contribution in [0.2, 0.25) is 0 Å². The van der Waals surface area contributed by atoms with Crippen LogP contribution in [0, 0.1) is 23.0 Å². The first-order valence-corrected chi connectivity index (χ1v) is 11.8. The summed E-state index contributed by atoms with van der Waals surface area (Å²) in [5.74, 6) is -2.56. The van der Waals surface area contributed by atoms with Crippen LogP contribution in [0.1, 0.15) is 18.6 Å². The largest absolute Gasteiger partial charge is 0.468 e. The van der Waals surface area contributed by atoms with Crippen molar-refractivity contribution in [3.05, 3.63) is 106 Å². The van der Waals surface area contributed by atoms with Gasteiger partial charge in [0.25, 0.3) is 5.91 Å². The SMILES string of the molecule is CC1=C(C(=O)Nc2ccccc2F)[C@H](c2ccco2)C(C#N)=C(SCC(=O)Nc2ccc(F)cc2)N1. The van der Waals surface area contributed by atoms with Crippen molar-refractivity contribution in [3.8, 4) is 6.07 Å². The number of carbonyl (C=O) groups excluding carboxylic acids is 2. The van der Waals surface area contributed by atoms with Crippen molar-refractivity contribution < 1.29 is 22.8 Å². The van der Waals surface area contributed by atoms with Gasteiger partial charge in [0.15, 0.2) is 0 Å². The lowest BCUT2D eigenvalue weighted by atomic mass is 9.85. The van der Waals surface area contributed by atoms with Crippen LogP contribution in [0.15, 0.2) is 93.2 Å². The van der Waals surface area contributed by atoms with E-state index in [0.29, 0.717) is 22.2 Å². The molecule has 0 radical (unpaired) electrons. The average Bonchev–Trinajstić information content (AvgIpc) is 3.39. The number of hydrogen-bond acceptors (Lipinski definition) is 6. The van der Waals surface area contributed by atoms with E-state index in [1.807, 2.05) is 0 Å². The zero-order chi connectivity index (χ0) is 25.7. The van der Waals surface area contributed by atoms with E-state index in [1.54, 1.807) is 25.1 Å². The Labute approximate surface area is 209 Å². The molecule has 2 aromatic carbocycles. The summed E-state index contributed by atoms with van der Waals surface area (Å²) in [5.41, 5.74) is 1.22. The van der Waals surface area contributed by atoms with Gasteiger partial charge in [0.1, 0.15) is 17.4 Å². The minimum Gasteiger partial charge on any atom is -0.468 e. The van der Waals surface area contributed by atoms with E-state index < -0.39 is 23.5 Å². The quantitative estimate of drug-likeness (QED) is 0.403. The fourth-order valence-electron chi connectivity index (χ4n) is 3.69. The molecule has 1 atom stereocenters. The van der Waals surface area contributed by atoms with Gasteiger partial charge in [-0.1, -0.05) is 23.9 Å².